The summed E-state index contributed by atoms with van der Waals surface area (Å²) >= 11 is 0. The maximum atomic E-state index is 12.1. The monoisotopic (exact) mass is 287 g/mol. The molecule has 21 heavy (non-hydrogen) atoms. The van der Waals surface area contributed by atoms with E-state index in [-0.39, 0.29) is 11.8 Å². The van der Waals surface area contributed by atoms with Gasteiger partial charge in [0.15, 0.2) is 0 Å². The number of carbonyl (C=O) groups excluding carboxylic acids is 2. The van der Waals surface area contributed by atoms with Gasteiger partial charge < -0.3 is 16.0 Å². The number of nitrogens with one attached hydrogen (secondary N) is 1. The van der Waals surface area contributed by atoms with Gasteiger partial charge in [0.05, 0.1) is 0 Å². The molecule has 0 aromatic heterocycles. The second-order valence-electron chi connectivity index (χ2n) is 5.26. The van der Waals surface area contributed by atoms with Gasteiger partial charge in [0, 0.05) is 24.9 Å². The molecular formula is C16H21N3O2. The van der Waals surface area contributed by atoms with Crippen molar-refractivity contribution in [3.8, 4) is 0 Å². The molecular weight excluding hydrogens is 266 g/mol. The molecule has 2 rings (SSSR count). The maximum absolute atomic E-state index is 12.1. The van der Waals surface area contributed by atoms with E-state index in [1.54, 1.807) is 30.0 Å². The molecule has 1 aromatic carbocycles. The largest absolute Gasteiger partial charge is 0.399 e. The lowest BCUT2D eigenvalue weighted by Crippen LogP contribution is -2.45. The van der Waals surface area contributed by atoms with Crippen molar-refractivity contribution in [3.63, 3.8) is 0 Å². The second-order valence-corrected chi connectivity index (χ2v) is 5.26. The third kappa shape index (κ3) is 4.34. The fraction of sp³-hybridized carbons (Fsp3) is 0.375. The van der Waals surface area contributed by atoms with Crippen molar-refractivity contribution in [3.05, 3.63) is 35.9 Å². The van der Waals surface area contributed by atoms with Crippen molar-refractivity contribution in [2.45, 2.75) is 25.8 Å². The number of hydrogen-bond donors (Lipinski definition) is 2. The summed E-state index contributed by atoms with van der Waals surface area (Å²) in [7, 11) is 0. The van der Waals surface area contributed by atoms with Gasteiger partial charge in [-0.25, -0.2) is 0 Å². The molecule has 1 aliphatic heterocycles. The molecule has 2 amide bonds. The van der Waals surface area contributed by atoms with E-state index in [0.717, 1.165) is 31.5 Å². The van der Waals surface area contributed by atoms with Crippen molar-refractivity contribution >= 4 is 23.6 Å². The molecule has 1 aromatic rings. The Hall–Kier alpha value is -2.30. The number of nitrogens with two attached hydrogens (primary N) is 1. The zero-order valence-electron chi connectivity index (χ0n) is 12.2. The highest BCUT2D eigenvalue weighted by molar-refractivity contribution is 5.95. The molecule has 5 heteroatoms. The van der Waals surface area contributed by atoms with E-state index < -0.39 is 6.04 Å². The molecule has 1 saturated heterocycles. The molecule has 1 atom stereocenters. The van der Waals surface area contributed by atoms with Crippen LogP contribution < -0.4 is 11.1 Å². The molecule has 0 aliphatic carbocycles. The summed E-state index contributed by atoms with van der Waals surface area (Å²) in [5, 5.41) is 2.70. The number of nitrogens with zero attached hydrogens (tertiary/aromatic N) is 1. The molecule has 0 bridgehead atoms. The van der Waals surface area contributed by atoms with E-state index in [1.807, 2.05) is 12.1 Å². The normalized spacial score (nSPS) is 16.1. The molecule has 1 unspecified atom stereocenters. The van der Waals surface area contributed by atoms with Gasteiger partial charge in [-0.15, -0.1) is 0 Å². The predicted octanol–water partition coefficient (Wildman–Crippen LogP) is 1.41. The first kappa shape index (κ1) is 15.1. The van der Waals surface area contributed by atoms with E-state index in [4.69, 9.17) is 5.73 Å². The Labute approximate surface area is 124 Å². The van der Waals surface area contributed by atoms with E-state index in [2.05, 4.69) is 5.32 Å². The fourth-order valence-corrected chi connectivity index (χ4v) is 2.31. The number of anilines is 1. The zero-order chi connectivity index (χ0) is 15.2. The van der Waals surface area contributed by atoms with E-state index in [0.29, 0.717) is 5.69 Å². The number of likely N-dealkylation sites (tertiary alicyclic amines) is 1. The first-order chi connectivity index (χ1) is 10.1. The summed E-state index contributed by atoms with van der Waals surface area (Å²) < 4.78 is 0. The highest BCUT2D eigenvalue weighted by atomic mass is 16.2. The van der Waals surface area contributed by atoms with E-state index >= 15 is 0 Å². The molecule has 112 valence electrons. The van der Waals surface area contributed by atoms with Gasteiger partial charge >= 0.3 is 0 Å². The van der Waals surface area contributed by atoms with E-state index in [1.165, 1.54) is 6.08 Å². The number of carbonyl (C=O) groups is 2. The van der Waals surface area contributed by atoms with Crippen LogP contribution in [-0.2, 0) is 9.59 Å². The van der Waals surface area contributed by atoms with Crippen molar-refractivity contribution < 1.29 is 9.59 Å². The van der Waals surface area contributed by atoms with Gasteiger partial charge in [0.2, 0.25) is 11.8 Å². The summed E-state index contributed by atoms with van der Waals surface area (Å²) in [5.74, 6) is -0.284. The van der Waals surface area contributed by atoms with Gasteiger partial charge in [-0.3, -0.25) is 9.59 Å². The molecule has 1 aliphatic rings. The van der Waals surface area contributed by atoms with Gasteiger partial charge in [0.1, 0.15) is 6.04 Å². The topological polar surface area (TPSA) is 75.4 Å². The molecule has 0 radical (unpaired) electrons. The minimum absolute atomic E-state index is 0.0123. The molecule has 1 fully saturated rings. The average molecular weight is 287 g/mol. The van der Waals surface area contributed by atoms with Crippen LogP contribution in [0.4, 0.5) is 5.69 Å². The fourth-order valence-electron chi connectivity index (χ4n) is 2.31. The molecule has 0 saturated carbocycles. The third-order valence-electron chi connectivity index (χ3n) is 3.51. The average Bonchev–Trinajstić information content (AvgIpc) is 3.00. The summed E-state index contributed by atoms with van der Waals surface area (Å²) in [6, 6.07) is 6.72. The van der Waals surface area contributed by atoms with Crippen LogP contribution in [0.25, 0.3) is 6.08 Å². The van der Waals surface area contributed by atoms with Crippen molar-refractivity contribution in [1.29, 1.82) is 0 Å². The Kier molecular flexibility index (Phi) is 4.98. The minimum Gasteiger partial charge on any atom is -0.399 e. The van der Waals surface area contributed by atoms with Crippen LogP contribution in [0.15, 0.2) is 30.3 Å². The maximum Gasteiger partial charge on any atom is 0.244 e. The lowest BCUT2D eigenvalue weighted by molar-refractivity contribution is -0.134. The van der Waals surface area contributed by atoms with Gasteiger partial charge in [-0.05, 0) is 43.5 Å². The van der Waals surface area contributed by atoms with Crippen LogP contribution in [0, 0.1) is 0 Å². The molecule has 3 N–H and O–H groups in total. The highest BCUT2D eigenvalue weighted by Crippen LogP contribution is 2.09. The lowest BCUT2D eigenvalue weighted by atomic mass is 10.2. The summed E-state index contributed by atoms with van der Waals surface area (Å²) in [6.07, 6.45) is 5.22. The second kappa shape index (κ2) is 6.92. The predicted molar refractivity (Wildman–Crippen MR) is 83.3 cm³/mol. The minimum atomic E-state index is -0.494. The SMILES string of the molecule is CC(NC(=O)/C=C/c1ccc(N)cc1)C(=O)N1CCCC1. The van der Waals surface area contributed by atoms with Crippen LogP contribution in [0.5, 0.6) is 0 Å². The van der Waals surface area contributed by atoms with Gasteiger partial charge in [-0.2, -0.15) is 0 Å². The van der Waals surface area contributed by atoms with Crippen molar-refractivity contribution in [2.75, 3.05) is 18.8 Å². The Balaban J connectivity index is 1.85. The van der Waals surface area contributed by atoms with Crippen molar-refractivity contribution in [2.24, 2.45) is 0 Å². The van der Waals surface area contributed by atoms with Crippen LogP contribution >= 0.6 is 0 Å². The van der Waals surface area contributed by atoms with Crippen LogP contribution in [0.3, 0.4) is 0 Å². The lowest BCUT2D eigenvalue weighted by Gasteiger charge is -2.20. The Morgan fingerprint density at radius 2 is 1.86 bits per heavy atom. The summed E-state index contributed by atoms with van der Waals surface area (Å²) in [5.41, 5.74) is 7.16. The summed E-state index contributed by atoms with van der Waals surface area (Å²) in [6.45, 7) is 3.30. The number of amides is 2. The standard InChI is InChI=1S/C16H21N3O2/c1-12(16(21)19-10-2-3-11-19)18-15(20)9-6-13-4-7-14(17)8-5-13/h4-9,12H,2-3,10-11,17H2,1H3,(H,18,20)/b9-6+. The third-order valence-corrected chi connectivity index (χ3v) is 3.51. The summed E-state index contributed by atoms with van der Waals surface area (Å²) in [4.78, 5) is 25.7. The van der Waals surface area contributed by atoms with E-state index in [9.17, 15) is 9.59 Å². The molecule has 5 nitrogen and oxygen atoms in total. The van der Waals surface area contributed by atoms with Gasteiger partial charge in [0.25, 0.3) is 0 Å². The smallest absolute Gasteiger partial charge is 0.244 e. The molecule has 0 spiro atoms. The Bertz CT molecular complexity index is 531. The number of nitrogen functional groups attached to an aromatic ring is 1. The Morgan fingerprint density at radius 3 is 2.48 bits per heavy atom. The molecule has 1 heterocycles. The number of benzene rings is 1. The first-order valence-corrected chi connectivity index (χ1v) is 7.19. The highest BCUT2D eigenvalue weighted by Gasteiger charge is 2.23. The number of hydrogen-bond acceptors (Lipinski definition) is 3. The first-order valence-electron chi connectivity index (χ1n) is 7.19. The Morgan fingerprint density at radius 1 is 1.24 bits per heavy atom. The van der Waals surface area contributed by atoms with Crippen molar-refractivity contribution in [1.82, 2.24) is 10.2 Å². The van der Waals surface area contributed by atoms with Crippen LogP contribution in [0.1, 0.15) is 25.3 Å². The van der Waals surface area contributed by atoms with Gasteiger partial charge in [-0.1, -0.05) is 12.1 Å². The zero-order valence-corrected chi connectivity index (χ0v) is 12.2. The number of rotatable bonds is 4. The van der Waals surface area contributed by atoms with Crippen LogP contribution in [-0.4, -0.2) is 35.8 Å². The quantitative estimate of drug-likeness (QED) is 0.649. The van der Waals surface area contributed by atoms with Crippen LogP contribution in [0.2, 0.25) is 0 Å².